The molecule has 3 aromatic carbocycles. The van der Waals surface area contributed by atoms with Crippen molar-refractivity contribution in [2.24, 2.45) is 0 Å². The number of rotatable bonds is 3. The van der Waals surface area contributed by atoms with Gasteiger partial charge >= 0.3 is 0 Å². The molecule has 0 saturated carbocycles. The monoisotopic (exact) mass is 311 g/mol. The molecule has 0 aliphatic heterocycles. The molecular weight excluding hydrogens is 296 g/mol. The van der Waals surface area contributed by atoms with E-state index in [0.29, 0.717) is 5.56 Å². The first-order valence-electron chi connectivity index (χ1n) is 7.30. The Morgan fingerprint density at radius 1 is 1.00 bits per heavy atom. The fourth-order valence-corrected chi connectivity index (χ4v) is 2.63. The van der Waals surface area contributed by atoms with Gasteiger partial charge < -0.3 is 5.32 Å². The molecule has 1 amide bonds. The fraction of sp³-hybridized carbons (Fsp3) is 0.105. The summed E-state index contributed by atoms with van der Waals surface area (Å²) in [6, 6.07) is 15.8. The smallest absolute Gasteiger partial charge is 0.252 e. The van der Waals surface area contributed by atoms with Gasteiger partial charge in [0.05, 0.1) is 6.04 Å². The van der Waals surface area contributed by atoms with E-state index in [1.165, 1.54) is 12.1 Å². The summed E-state index contributed by atoms with van der Waals surface area (Å²) in [5.74, 6) is -1.60. The van der Waals surface area contributed by atoms with Gasteiger partial charge in [0.1, 0.15) is 11.6 Å². The van der Waals surface area contributed by atoms with E-state index in [1.54, 1.807) is 19.1 Å². The Labute approximate surface area is 132 Å². The maximum absolute atomic E-state index is 13.8. The van der Waals surface area contributed by atoms with Crippen molar-refractivity contribution < 1.29 is 13.6 Å². The molecule has 3 rings (SSSR count). The lowest BCUT2D eigenvalue weighted by molar-refractivity contribution is 0.0941. The van der Waals surface area contributed by atoms with Gasteiger partial charge in [-0.2, -0.15) is 0 Å². The van der Waals surface area contributed by atoms with Crippen LogP contribution in [-0.4, -0.2) is 5.91 Å². The van der Waals surface area contributed by atoms with Crippen molar-refractivity contribution in [1.82, 2.24) is 5.32 Å². The van der Waals surface area contributed by atoms with Crippen molar-refractivity contribution in [2.45, 2.75) is 13.0 Å². The molecular formula is C19H15F2NO. The first kappa shape index (κ1) is 15.2. The van der Waals surface area contributed by atoms with E-state index >= 15 is 0 Å². The molecule has 1 N–H and O–H groups in total. The van der Waals surface area contributed by atoms with Crippen LogP contribution >= 0.6 is 0 Å². The molecule has 0 aliphatic rings. The Morgan fingerprint density at radius 2 is 1.74 bits per heavy atom. The number of fused-ring (bicyclic) bond motifs is 1. The van der Waals surface area contributed by atoms with Crippen molar-refractivity contribution >= 4 is 16.7 Å². The van der Waals surface area contributed by atoms with Gasteiger partial charge in [0.15, 0.2) is 0 Å². The highest BCUT2D eigenvalue weighted by Crippen LogP contribution is 2.21. The number of nitrogens with one attached hydrogen (secondary N) is 1. The molecule has 4 heteroatoms. The number of hydrogen-bond acceptors (Lipinski definition) is 1. The van der Waals surface area contributed by atoms with Crippen LogP contribution in [0.2, 0.25) is 0 Å². The largest absolute Gasteiger partial charge is 0.345 e. The van der Waals surface area contributed by atoms with Gasteiger partial charge in [-0.3, -0.25) is 4.79 Å². The van der Waals surface area contributed by atoms with Crippen LogP contribution in [0.25, 0.3) is 10.8 Å². The summed E-state index contributed by atoms with van der Waals surface area (Å²) in [6.45, 7) is 1.67. The van der Waals surface area contributed by atoms with Gasteiger partial charge in [-0.15, -0.1) is 0 Å². The first-order chi connectivity index (χ1) is 11.1. The van der Waals surface area contributed by atoms with Gasteiger partial charge in [-0.1, -0.05) is 42.5 Å². The summed E-state index contributed by atoms with van der Waals surface area (Å²) < 4.78 is 26.8. The van der Waals surface area contributed by atoms with E-state index in [2.05, 4.69) is 5.32 Å². The van der Waals surface area contributed by atoms with E-state index in [1.807, 2.05) is 30.3 Å². The van der Waals surface area contributed by atoms with Gasteiger partial charge in [0.25, 0.3) is 5.91 Å². The molecule has 0 bridgehead atoms. The van der Waals surface area contributed by atoms with Crippen molar-refractivity contribution in [3.8, 4) is 0 Å². The second-order valence-electron chi connectivity index (χ2n) is 5.39. The summed E-state index contributed by atoms with van der Waals surface area (Å²) >= 11 is 0. The minimum Gasteiger partial charge on any atom is -0.345 e. The van der Waals surface area contributed by atoms with Crippen LogP contribution in [0.3, 0.4) is 0 Å². The highest BCUT2D eigenvalue weighted by Gasteiger charge is 2.16. The van der Waals surface area contributed by atoms with Crippen molar-refractivity contribution in [1.29, 1.82) is 0 Å². The molecule has 1 unspecified atom stereocenters. The molecule has 0 aromatic heterocycles. The van der Waals surface area contributed by atoms with Crippen molar-refractivity contribution in [3.05, 3.63) is 83.4 Å². The molecule has 23 heavy (non-hydrogen) atoms. The maximum atomic E-state index is 13.8. The van der Waals surface area contributed by atoms with Gasteiger partial charge in [-0.25, -0.2) is 8.78 Å². The van der Waals surface area contributed by atoms with Crippen LogP contribution in [0.4, 0.5) is 8.78 Å². The number of carbonyl (C=O) groups is 1. The lowest BCUT2D eigenvalue weighted by Crippen LogP contribution is -2.27. The summed E-state index contributed by atoms with van der Waals surface area (Å²) in [4.78, 5) is 12.5. The Bertz CT molecular complexity index is 871. The highest BCUT2D eigenvalue weighted by molar-refractivity contribution is 6.07. The Kier molecular flexibility index (Phi) is 4.06. The minimum atomic E-state index is -0.671. The first-order valence-corrected chi connectivity index (χ1v) is 7.30. The average Bonchev–Trinajstić information content (AvgIpc) is 2.54. The molecule has 3 aromatic rings. The number of benzene rings is 3. The third kappa shape index (κ3) is 3.06. The van der Waals surface area contributed by atoms with Crippen LogP contribution in [-0.2, 0) is 0 Å². The fourth-order valence-electron chi connectivity index (χ4n) is 2.63. The summed E-state index contributed by atoms with van der Waals surface area (Å²) in [6.07, 6.45) is 0. The Balaban J connectivity index is 1.88. The molecule has 0 aliphatic carbocycles. The van der Waals surface area contributed by atoms with E-state index in [-0.39, 0.29) is 11.5 Å². The number of amides is 1. The van der Waals surface area contributed by atoms with E-state index in [4.69, 9.17) is 0 Å². The summed E-state index contributed by atoms with van der Waals surface area (Å²) in [5, 5.41) is 4.56. The second-order valence-corrected chi connectivity index (χ2v) is 5.39. The quantitative estimate of drug-likeness (QED) is 0.752. The molecule has 0 saturated heterocycles. The van der Waals surface area contributed by atoms with E-state index in [9.17, 15) is 13.6 Å². The zero-order valence-corrected chi connectivity index (χ0v) is 12.5. The van der Waals surface area contributed by atoms with Crippen LogP contribution in [0.1, 0.15) is 28.9 Å². The molecule has 0 fully saturated rings. The number of halogens is 2. The van der Waals surface area contributed by atoms with Crippen LogP contribution in [0.15, 0.2) is 60.7 Å². The highest BCUT2D eigenvalue weighted by atomic mass is 19.1. The molecule has 116 valence electrons. The zero-order chi connectivity index (χ0) is 16.4. The molecule has 2 nitrogen and oxygen atoms in total. The predicted octanol–water partition coefficient (Wildman–Crippen LogP) is 4.61. The van der Waals surface area contributed by atoms with Crippen LogP contribution < -0.4 is 5.32 Å². The summed E-state index contributed by atoms with van der Waals surface area (Å²) in [7, 11) is 0. The number of carbonyl (C=O) groups excluding carboxylic acids is 1. The standard InChI is InChI=1S/C19H15F2NO/c1-12(15-10-9-14(20)11-18(15)21)22-19(23)17-8-4-6-13-5-2-3-7-16(13)17/h2-12H,1H3,(H,22,23). The lowest BCUT2D eigenvalue weighted by Gasteiger charge is -2.16. The predicted molar refractivity (Wildman–Crippen MR) is 86.2 cm³/mol. The average molecular weight is 311 g/mol. The third-order valence-corrected chi connectivity index (χ3v) is 3.81. The Morgan fingerprint density at radius 3 is 2.52 bits per heavy atom. The molecule has 0 spiro atoms. The number of hydrogen-bond donors (Lipinski definition) is 1. The topological polar surface area (TPSA) is 29.1 Å². The third-order valence-electron chi connectivity index (χ3n) is 3.81. The van der Waals surface area contributed by atoms with E-state index < -0.39 is 17.7 Å². The molecule has 0 heterocycles. The SMILES string of the molecule is CC(NC(=O)c1cccc2ccccc12)c1ccc(F)cc1F. The van der Waals surface area contributed by atoms with Gasteiger partial charge in [0.2, 0.25) is 0 Å². The zero-order valence-electron chi connectivity index (χ0n) is 12.5. The second kappa shape index (κ2) is 6.16. The lowest BCUT2D eigenvalue weighted by atomic mass is 10.0. The van der Waals surface area contributed by atoms with Crippen molar-refractivity contribution in [3.63, 3.8) is 0 Å². The van der Waals surface area contributed by atoms with Crippen LogP contribution in [0, 0.1) is 11.6 Å². The van der Waals surface area contributed by atoms with Crippen LogP contribution in [0.5, 0.6) is 0 Å². The Hall–Kier alpha value is -2.75. The van der Waals surface area contributed by atoms with Gasteiger partial charge in [0, 0.05) is 17.2 Å². The normalized spacial score (nSPS) is 12.1. The van der Waals surface area contributed by atoms with Gasteiger partial charge in [-0.05, 0) is 29.8 Å². The molecule has 0 radical (unpaired) electrons. The van der Waals surface area contributed by atoms with E-state index in [0.717, 1.165) is 16.8 Å². The molecule has 1 atom stereocenters. The maximum Gasteiger partial charge on any atom is 0.252 e. The summed E-state index contributed by atoms with van der Waals surface area (Å²) in [5.41, 5.74) is 0.775. The minimum absolute atomic E-state index is 0.250. The van der Waals surface area contributed by atoms with Crippen molar-refractivity contribution in [2.75, 3.05) is 0 Å².